The van der Waals surface area contributed by atoms with Gasteiger partial charge >= 0.3 is 0 Å². The predicted molar refractivity (Wildman–Crippen MR) is 104 cm³/mol. The molecule has 3 aromatic rings. The molecule has 3 rings (SSSR count). The normalized spacial score (nSPS) is 10.2. The van der Waals surface area contributed by atoms with Crippen molar-refractivity contribution in [2.45, 2.75) is 6.54 Å². The Morgan fingerprint density at radius 1 is 0.828 bits per heavy atom. The summed E-state index contributed by atoms with van der Waals surface area (Å²) in [6.45, 7) is 0.0673. The van der Waals surface area contributed by atoms with Gasteiger partial charge in [0, 0.05) is 17.8 Å². The number of hydrogen-bond acceptors (Lipinski definition) is 4. The number of carbonyl (C=O) groups excluding carboxylic acids is 3. The smallest absolute Gasteiger partial charge is 0.254 e. The van der Waals surface area contributed by atoms with E-state index in [4.69, 9.17) is 4.42 Å². The van der Waals surface area contributed by atoms with Crippen LogP contribution in [0, 0.1) is 5.82 Å². The summed E-state index contributed by atoms with van der Waals surface area (Å²) in [6.07, 6.45) is 2.65. The van der Waals surface area contributed by atoms with E-state index in [0.29, 0.717) is 16.8 Å². The molecule has 1 aromatic heterocycles. The number of nitrogens with one attached hydrogen (secondary N) is 3. The molecule has 0 saturated carbocycles. The largest absolute Gasteiger partial charge is 0.472 e. The quantitative estimate of drug-likeness (QED) is 0.573. The summed E-state index contributed by atoms with van der Waals surface area (Å²) in [5.74, 6) is -1.45. The Balaban J connectivity index is 1.46. The highest BCUT2D eigenvalue weighted by atomic mass is 19.1. The summed E-state index contributed by atoms with van der Waals surface area (Å²) in [5, 5.41) is 7.84. The van der Waals surface area contributed by atoms with Crippen molar-refractivity contribution in [3.8, 4) is 0 Å². The van der Waals surface area contributed by atoms with Gasteiger partial charge < -0.3 is 20.4 Å². The summed E-state index contributed by atoms with van der Waals surface area (Å²) in [5.41, 5.74) is 2.01. The molecule has 0 atom stereocenters. The van der Waals surface area contributed by atoms with Crippen LogP contribution < -0.4 is 16.0 Å². The molecule has 7 nitrogen and oxygen atoms in total. The van der Waals surface area contributed by atoms with Gasteiger partial charge in [-0.2, -0.15) is 0 Å². The van der Waals surface area contributed by atoms with Gasteiger partial charge in [-0.3, -0.25) is 14.4 Å². The van der Waals surface area contributed by atoms with Crippen molar-refractivity contribution in [2.24, 2.45) is 0 Å². The van der Waals surface area contributed by atoms with Crippen molar-refractivity contribution in [1.29, 1.82) is 0 Å². The second kappa shape index (κ2) is 9.32. The summed E-state index contributed by atoms with van der Waals surface area (Å²) in [4.78, 5) is 35.9. The topological polar surface area (TPSA) is 100 Å². The molecule has 0 radical (unpaired) electrons. The maximum Gasteiger partial charge on any atom is 0.254 e. The maximum atomic E-state index is 12.9. The number of carbonyl (C=O) groups is 3. The minimum atomic E-state index is -0.415. The number of rotatable bonds is 7. The number of amides is 3. The summed E-state index contributed by atoms with van der Waals surface area (Å²) >= 11 is 0. The van der Waals surface area contributed by atoms with Crippen molar-refractivity contribution in [3.63, 3.8) is 0 Å². The molecule has 3 amide bonds. The molecule has 0 aliphatic rings. The van der Waals surface area contributed by atoms with E-state index >= 15 is 0 Å². The fourth-order valence-corrected chi connectivity index (χ4v) is 2.45. The van der Waals surface area contributed by atoms with Crippen LogP contribution in [0.15, 0.2) is 71.5 Å². The lowest BCUT2D eigenvalue weighted by molar-refractivity contribution is -0.115. The van der Waals surface area contributed by atoms with Gasteiger partial charge in [0.05, 0.1) is 18.4 Å². The Morgan fingerprint density at radius 2 is 1.52 bits per heavy atom. The molecule has 0 saturated heterocycles. The third-order valence-corrected chi connectivity index (χ3v) is 3.99. The van der Waals surface area contributed by atoms with Crippen LogP contribution in [0.4, 0.5) is 10.1 Å². The van der Waals surface area contributed by atoms with Crippen LogP contribution in [0.1, 0.15) is 26.3 Å². The van der Waals surface area contributed by atoms with E-state index < -0.39 is 11.8 Å². The summed E-state index contributed by atoms with van der Waals surface area (Å²) < 4.78 is 17.7. The Bertz CT molecular complexity index is 984. The first-order chi connectivity index (χ1) is 14.0. The van der Waals surface area contributed by atoms with Crippen LogP contribution in [0.3, 0.4) is 0 Å². The number of furan rings is 1. The minimum absolute atomic E-state index is 0.204. The molecule has 0 bridgehead atoms. The third kappa shape index (κ3) is 5.77. The van der Waals surface area contributed by atoms with Crippen LogP contribution in [-0.2, 0) is 11.3 Å². The van der Waals surface area contributed by atoms with Gasteiger partial charge in [-0.15, -0.1) is 0 Å². The van der Waals surface area contributed by atoms with Crippen LogP contribution in [-0.4, -0.2) is 24.3 Å². The molecular weight excluding hydrogens is 377 g/mol. The van der Waals surface area contributed by atoms with Crippen molar-refractivity contribution in [1.82, 2.24) is 10.6 Å². The highest BCUT2D eigenvalue weighted by Crippen LogP contribution is 2.10. The molecule has 3 N–H and O–H groups in total. The molecule has 148 valence electrons. The van der Waals surface area contributed by atoms with E-state index in [0.717, 1.165) is 5.56 Å². The van der Waals surface area contributed by atoms with E-state index in [9.17, 15) is 18.8 Å². The number of anilines is 1. The van der Waals surface area contributed by atoms with Gasteiger partial charge in [0.1, 0.15) is 12.1 Å². The monoisotopic (exact) mass is 395 g/mol. The molecule has 0 fully saturated rings. The Labute approximate surface area is 165 Å². The number of benzene rings is 2. The van der Waals surface area contributed by atoms with Crippen LogP contribution >= 0.6 is 0 Å². The van der Waals surface area contributed by atoms with Crippen LogP contribution in [0.2, 0.25) is 0 Å². The van der Waals surface area contributed by atoms with Crippen molar-refractivity contribution in [2.75, 3.05) is 11.9 Å². The van der Waals surface area contributed by atoms with E-state index in [1.54, 1.807) is 36.4 Å². The first kappa shape index (κ1) is 19.8. The summed E-state index contributed by atoms with van der Waals surface area (Å²) in [6, 6.07) is 13.7. The first-order valence-electron chi connectivity index (χ1n) is 8.74. The third-order valence-electron chi connectivity index (χ3n) is 3.99. The molecule has 1 heterocycles. The van der Waals surface area contributed by atoms with Crippen LogP contribution in [0.25, 0.3) is 0 Å². The van der Waals surface area contributed by atoms with Gasteiger partial charge in [0.2, 0.25) is 5.91 Å². The van der Waals surface area contributed by atoms with Crippen molar-refractivity contribution in [3.05, 3.63) is 89.6 Å². The predicted octanol–water partition coefficient (Wildman–Crippen LogP) is 2.72. The second-order valence-electron chi connectivity index (χ2n) is 6.13. The lowest BCUT2D eigenvalue weighted by atomic mass is 10.1. The Hall–Kier alpha value is -3.94. The highest BCUT2D eigenvalue weighted by molar-refractivity contribution is 5.99. The molecule has 0 aliphatic heterocycles. The molecule has 29 heavy (non-hydrogen) atoms. The summed E-state index contributed by atoms with van der Waals surface area (Å²) in [7, 11) is 0. The zero-order valence-corrected chi connectivity index (χ0v) is 15.3. The first-order valence-corrected chi connectivity index (χ1v) is 8.74. The number of hydrogen-bond donors (Lipinski definition) is 3. The standard InChI is InChI=1S/C21H18FN3O4/c22-17-5-1-14(2-6-17)11-23-20(27)15-3-7-18(8-4-15)25-19(26)12-24-21(28)16-9-10-29-13-16/h1-10,13H,11-12H2,(H,23,27)(H,24,28)(H,25,26). The fourth-order valence-electron chi connectivity index (χ4n) is 2.45. The SMILES string of the molecule is O=C(CNC(=O)c1ccoc1)Nc1ccc(C(=O)NCc2ccc(F)cc2)cc1. The lowest BCUT2D eigenvalue weighted by Crippen LogP contribution is -2.32. The van der Waals surface area contributed by atoms with Gasteiger partial charge in [0.25, 0.3) is 11.8 Å². The molecule has 0 unspecified atom stereocenters. The van der Waals surface area contributed by atoms with E-state index in [-0.39, 0.29) is 24.8 Å². The number of halogens is 1. The van der Waals surface area contributed by atoms with E-state index in [2.05, 4.69) is 16.0 Å². The Morgan fingerprint density at radius 3 is 2.17 bits per heavy atom. The van der Waals surface area contributed by atoms with E-state index in [1.807, 2.05) is 0 Å². The fraction of sp³-hybridized carbons (Fsp3) is 0.0952. The van der Waals surface area contributed by atoms with Crippen molar-refractivity contribution < 1.29 is 23.2 Å². The molecule has 0 aliphatic carbocycles. The average molecular weight is 395 g/mol. The highest BCUT2D eigenvalue weighted by Gasteiger charge is 2.10. The Kier molecular flexibility index (Phi) is 6.36. The van der Waals surface area contributed by atoms with Gasteiger partial charge in [-0.25, -0.2) is 4.39 Å². The molecule has 8 heteroatoms. The molecule has 0 spiro atoms. The zero-order valence-electron chi connectivity index (χ0n) is 15.3. The molecule has 2 aromatic carbocycles. The molecular formula is C21H18FN3O4. The van der Waals surface area contributed by atoms with E-state index in [1.165, 1.54) is 30.7 Å². The van der Waals surface area contributed by atoms with Gasteiger partial charge in [-0.05, 0) is 48.0 Å². The second-order valence-corrected chi connectivity index (χ2v) is 6.13. The maximum absolute atomic E-state index is 12.9. The zero-order chi connectivity index (χ0) is 20.6. The minimum Gasteiger partial charge on any atom is -0.472 e. The van der Waals surface area contributed by atoms with Crippen LogP contribution in [0.5, 0.6) is 0 Å². The lowest BCUT2D eigenvalue weighted by Gasteiger charge is -2.08. The average Bonchev–Trinajstić information content (AvgIpc) is 3.27. The van der Waals surface area contributed by atoms with Crippen molar-refractivity contribution >= 4 is 23.4 Å². The van der Waals surface area contributed by atoms with Gasteiger partial charge in [-0.1, -0.05) is 12.1 Å². The van der Waals surface area contributed by atoms with Gasteiger partial charge in [0.15, 0.2) is 0 Å².